The van der Waals surface area contributed by atoms with E-state index in [4.69, 9.17) is 10.3 Å². The first-order valence-electron chi connectivity index (χ1n) is 6.83. The third kappa shape index (κ3) is 2.98. The highest BCUT2D eigenvalue weighted by Crippen LogP contribution is 2.28. The van der Waals surface area contributed by atoms with Gasteiger partial charge in [0.05, 0.1) is 0 Å². The largest absolute Gasteiger partial charge is 0.365 e. The van der Waals surface area contributed by atoms with Crippen LogP contribution < -0.4 is 11.1 Å². The number of anilines is 1. The Kier molecular flexibility index (Phi) is 4.02. The first kappa shape index (κ1) is 15.3. The number of rotatable bonds is 4. The van der Waals surface area contributed by atoms with Crippen molar-refractivity contribution >= 4 is 17.7 Å². The molecule has 2 aromatic heterocycles. The summed E-state index contributed by atoms with van der Waals surface area (Å²) in [6, 6.07) is 8.21. The van der Waals surface area contributed by atoms with Crippen LogP contribution >= 0.6 is 0 Å². The molecule has 0 radical (unpaired) electrons. The van der Waals surface area contributed by atoms with Crippen molar-refractivity contribution in [2.75, 3.05) is 5.32 Å². The van der Waals surface area contributed by atoms with E-state index in [2.05, 4.69) is 15.5 Å². The summed E-state index contributed by atoms with van der Waals surface area (Å²) in [5.74, 6) is -2.06. The predicted molar refractivity (Wildman–Crippen MR) is 82.6 cm³/mol. The molecule has 0 bridgehead atoms. The van der Waals surface area contributed by atoms with Gasteiger partial charge in [-0.1, -0.05) is 5.16 Å². The molecule has 3 rings (SSSR count). The number of halogens is 1. The quantitative estimate of drug-likeness (QED) is 0.763. The summed E-state index contributed by atoms with van der Waals surface area (Å²) in [5.41, 5.74) is 6.17. The second-order valence-electron chi connectivity index (χ2n) is 4.80. The van der Waals surface area contributed by atoms with Crippen molar-refractivity contribution in [1.82, 2.24) is 10.1 Å². The van der Waals surface area contributed by atoms with E-state index in [9.17, 15) is 14.0 Å². The Bertz CT molecular complexity index is 891. The summed E-state index contributed by atoms with van der Waals surface area (Å²) in [6.45, 7) is 0. The molecule has 7 nitrogen and oxygen atoms in total. The molecule has 0 aliphatic rings. The van der Waals surface area contributed by atoms with Gasteiger partial charge in [0.1, 0.15) is 17.1 Å². The molecular formula is C16H11FN4O3. The van der Waals surface area contributed by atoms with Crippen LogP contribution in [0.2, 0.25) is 0 Å². The monoisotopic (exact) mass is 326 g/mol. The molecule has 3 N–H and O–H groups in total. The fraction of sp³-hybridized carbons (Fsp3) is 0. The Labute approximate surface area is 135 Å². The van der Waals surface area contributed by atoms with Crippen LogP contribution in [0.1, 0.15) is 20.7 Å². The Morgan fingerprint density at radius 1 is 1.17 bits per heavy atom. The van der Waals surface area contributed by atoms with Gasteiger partial charge in [-0.05, 0) is 36.4 Å². The van der Waals surface area contributed by atoms with E-state index in [0.717, 1.165) is 12.1 Å². The van der Waals surface area contributed by atoms with Gasteiger partial charge >= 0.3 is 0 Å². The van der Waals surface area contributed by atoms with Crippen LogP contribution in [0, 0.1) is 5.82 Å². The number of nitrogens with two attached hydrogens (primary N) is 1. The smallest absolute Gasteiger partial charge is 0.258 e. The third-order valence-corrected chi connectivity index (χ3v) is 3.21. The van der Waals surface area contributed by atoms with Crippen LogP contribution in [0.3, 0.4) is 0 Å². The lowest BCUT2D eigenvalue weighted by atomic mass is 10.1. The summed E-state index contributed by atoms with van der Waals surface area (Å²) in [6.07, 6.45) is 3.04. The van der Waals surface area contributed by atoms with E-state index >= 15 is 0 Å². The molecule has 120 valence electrons. The second kappa shape index (κ2) is 6.29. The van der Waals surface area contributed by atoms with Crippen LogP contribution in [0.4, 0.5) is 10.3 Å². The van der Waals surface area contributed by atoms with Crippen molar-refractivity contribution in [2.45, 2.75) is 0 Å². The van der Waals surface area contributed by atoms with Crippen LogP contribution in [-0.4, -0.2) is 22.0 Å². The molecule has 0 unspecified atom stereocenters. The molecule has 8 heteroatoms. The van der Waals surface area contributed by atoms with Gasteiger partial charge in [-0.3, -0.25) is 19.9 Å². The Morgan fingerprint density at radius 2 is 1.92 bits per heavy atom. The molecule has 2 heterocycles. The lowest BCUT2D eigenvalue weighted by molar-refractivity contribution is 0.100. The van der Waals surface area contributed by atoms with Gasteiger partial charge in [0.15, 0.2) is 0 Å². The van der Waals surface area contributed by atoms with Crippen molar-refractivity contribution in [3.63, 3.8) is 0 Å². The number of carbonyl (C=O) groups is 2. The highest BCUT2D eigenvalue weighted by atomic mass is 19.1. The molecular weight excluding hydrogens is 315 g/mol. The molecule has 2 amide bonds. The summed E-state index contributed by atoms with van der Waals surface area (Å²) < 4.78 is 18.0. The van der Waals surface area contributed by atoms with E-state index in [0.29, 0.717) is 5.56 Å². The van der Waals surface area contributed by atoms with Gasteiger partial charge in [0.2, 0.25) is 5.88 Å². The van der Waals surface area contributed by atoms with Gasteiger partial charge in [-0.2, -0.15) is 0 Å². The van der Waals surface area contributed by atoms with Gasteiger partial charge < -0.3 is 10.3 Å². The summed E-state index contributed by atoms with van der Waals surface area (Å²) >= 11 is 0. The lowest BCUT2D eigenvalue weighted by Gasteiger charge is -2.03. The highest BCUT2D eigenvalue weighted by molar-refractivity contribution is 6.09. The molecule has 0 atom stereocenters. The average molecular weight is 326 g/mol. The second-order valence-corrected chi connectivity index (χ2v) is 4.80. The lowest BCUT2D eigenvalue weighted by Crippen LogP contribution is -2.17. The minimum Gasteiger partial charge on any atom is -0.365 e. The van der Waals surface area contributed by atoms with Gasteiger partial charge in [-0.15, -0.1) is 0 Å². The van der Waals surface area contributed by atoms with E-state index in [1.165, 1.54) is 18.3 Å². The van der Waals surface area contributed by atoms with Crippen molar-refractivity contribution in [2.24, 2.45) is 5.73 Å². The number of nitrogens with one attached hydrogen (secondary N) is 1. The highest BCUT2D eigenvalue weighted by Gasteiger charge is 2.24. The van der Waals surface area contributed by atoms with E-state index in [1.807, 2.05) is 0 Å². The normalized spacial score (nSPS) is 10.4. The number of hydrogen-bond donors (Lipinski definition) is 2. The maximum Gasteiger partial charge on any atom is 0.258 e. The number of carbonyl (C=O) groups excluding carboxylic acids is 2. The van der Waals surface area contributed by atoms with Crippen LogP contribution in [0.15, 0.2) is 53.3 Å². The van der Waals surface area contributed by atoms with Crippen molar-refractivity contribution in [3.05, 3.63) is 65.7 Å². The van der Waals surface area contributed by atoms with Gasteiger partial charge in [0.25, 0.3) is 11.8 Å². The van der Waals surface area contributed by atoms with Crippen LogP contribution in [0.25, 0.3) is 11.3 Å². The number of benzene rings is 1. The number of aromatic nitrogens is 2. The molecule has 24 heavy (non-hydrogen) atoms. The van der Waals surface area contributed by atoms with Gasteiger partial charge in [-0.25, -0.2) is 4.39 Å². The standard InChI is InChI=1S/C16H11FN4O3/c17-11-5-3-9(4-6-11)15(23)20-16-12(14(18)22)13(21-24-16)10-2-1-7-19-8-10/h1-8H,(H2,18,22)(H,20,23). The topological polar surface area (TPSA) is 111 Å². The zero-order valence-electron chi connectivity index (χ0n) is 12.2. The van der Waals surface area contributed by atoms with E-state index in [1.54, 1.807) is 18.3 Å². The maximum atomic E-state index is 12.9. The molecule has 3 aromatic rings. The molecule has 0 fully saturated rings. The van der Waals surface area contributed by atoms with Crippen molar-refractivity contribution in [3.8, 4) is 11.3 Å². The molecule has 0 aliphatic carbocycles. The third-order valence-electron chi connectivity index (χ3n) is 3.21. The summed E-state index contributed by atoms with van der Waals surface area (Å²) in [5, 5.41) is 6.18. The molecule has 0 aliphatic heterocycles. The number of pyridine rings is 1. The van der Waals surface area contributed by atoms with Crippen molar-refractivity contribution < 1.29 is 18.5 Å². The fourth-order valence-corrected chi connectivity index (χ4v) is 2.08. The predicted octanol–water partition coefficient (Wildman–Crippen LogP) is 2.23. The minimum atomic E-state index is -0.815. The zero-order chi connectivity index (χ0) is 17.1. The maximum absolute atomic E-state index is 12.9. The number of hydrogen-bond acceptors (Lipinski definition) is 5. The Morgan fingerprint density at radius 3 is 2.54 bits per heavy atom. The molecule has 0 saturated heterocycles. The van der Waals surface area contributed by atoms with E-state index < -0.39 is 17.6 Å². The number of nitrogens with zero attached hydrogens (tertiary/aromatic N) is 2. The van der Waals surface area contributed by atoms with Crippen LogP contribution in [-0.2, 0) is 0 Å². The molecule has 1 aromatic carbocycles. The number of primary amides is 1. The fourth-order valence-electron chi connectivity index (χ4n) is 2.08. The summed E-state index contributed by atoms with van der Waals surface area (Å²) in [7, 11) is 0. The van der Waals surface area contributed by atoms with Crippen LogP contribution in [0.5, 0.6) is 0 Å². The Balaban J connectivity index is 1.94. The zero-order valence-corrected chi connectivity index (χ0v) is 12.2. The first-order valence-corrected chi connectivity index (χ1v) is 6.83. The SMILES string of the molecule is NC(=O)c1c(-c2cccnc2)noc1NC(=O)c1ccc(F)cc1. The average Bonchev–Trinajstić information content (AvgIpc) is 3.00. The minimum absolute atomic E-state index is 0.0709. The first-order chi connectivity index (χ1) is 11.6. The van der Waals surface area contributed by atoms with Gasteiger partial charge in [0, 0.05) is 23.5 Å². The molecule has 0 spiro atoms. The molecule has 0 saturated carbocycles. The number of amides is 2. The van der Waals surface area contributed by atoms with Crippen molar-refractivity contribution in [1.29, 1.82) is 0 Å². The Hall–Kier alpha value is -3.55. The summed E-state index contributed by atoms with van der Waals surface area (Å²) in [4.78, 5) is 27.8. The van der Waals surface area contributed by atoms with E-state index in [-0.39, 0.29) is 22.7 Å².